The van der Waals surface area contributed by atoms with Crippen molar-refractivity contribution in [2.24, 2.45) is 5.92 Å². The molecule has 9 heteroatoms. The Bertz CT molecular complexity index is 1060. The largest absolute Gasteiger partial charge is 0.534 e. The summed E-state index contributed by atoms with van der Waals surface area (Å²) in [7, 11) is -2.83. The summed E-state index contributed by atoms with van der Waals surface area (Å²) in [6.07, 6.45) is 3.25. The van der Waals surface area contributed by atoms with Gasteiger partial charge in [-0.2, -0.15) is 21.6 Å². The van der Waals surface area contributed by atoms with Crippen LogP contribution in [0, 0.1) is 5.92 Å². The molecule has 0 bridgehead atoms. The van der Waals surface area contributed by atoms with Gasteiger partial charge < -0.3 is 13.7 Å². The van der Waals surface area contributed by atoms with Gasteiger partial charge in [0.2, 0.25) is 0 Å². The van der Waals surface area contributed by atoms with Crippen LogP contribution in [0.2, 0.25) is 0 Å². The summed E-state index contributed by atoms with van der Waals surface area (Å²) < 4.78 is 77.6. The Morgan fingerprint density at radius 1 is 0.935 bits per heavy atom. The Labute approximate surface area is 179 Å². The third-order valence-corrected chi connectivity index (χ3v) is 7.36. The van der Waals surface area contributed by atoms with E-state index >= 15 is 0 Å². The lowest BCUT2D eigenvalue weighted by molar-refractivity contribution is -0.0500. The fourth-order valence-electron chi connectivity index (χ4n) is 4.99. The molecule has 3 atom stereocenters. The van der Waals surface area contributed by atoms with Gasteiger partial charge in [-0.05, 0) is 66.3 Å². The van der Waals surface area contributed by atoms with Gasteiger partial charge in [-0.1, -0.05) is 18.6 Å². The van der Waals surface area contributed by atoms with Crippen LogP contribution in [-0.2, 0) is 16.5 Å². The number of fused-ring (bicyclic) bond motifs is 3. The van der Waals surface area contributed by atoms with Gasteiger partial charge in [0.1, 0.15) is 17.2 Å². The molecule has 31 heavy (non-hydrogen) atoms. The zero-order chi connectivity index (χ0) is 22.4. The number of halogens is 3. The van der Waals surface area contributed by atoms with Crippen LogP contribution >= 0.6 is 0 Å². The lowest BCUT2D eigenvalue weighted by atomic mass is 9.68. The standard InChI is InChI=1S/C22H23F3O5S/c1-28-14-8-6-13(7-9-14)18-12-20-19(17-5-3-4-16(17)18)10-15(29-2)11-21(20)30-31(26,27)22(23,24)25/h6-11,16-18H,3-5,12H2,1-2H3. The number of methoxy groups -OCH3 is 2. The number of hydrogen-bond acceptors (Lipinski definition) is 5. The van der Waals surface area contributed by atoms with E-state index in [1.165, 1.54) is 13.2 Å². The molecular weight excluding hydrogens is 433 g/mol. The van der Waals surface area contributed by atoms with Crippen molar-refractivity contribution in [1.82, 2.24) is 0 Å². The summed E-state index contributed by atoms with van der Waals surface area (Å²) in [4.78, 5) is 0. The first-order chi connectivity index (χ1) is 14.6. The molecule has 0 spiro atoms. The number of hydrogen-bond donors (Lipinski definition) is 0. The highest BCUT2D eigenvalue weighted by Crippen LogP contribution is 2.55. The zero-order valence-corrected chi connectivity index (χ0v) is 17.9. The minimum absolute atomic E-state index is 0.0373. The molecule has 1 fully saturated rings. The topological polar surface area (TPSA) is 61.8 Å². The number of benzene rings is 2. The first-order valence-electron chi connectivity index (χ1n) is 10.00. The smallest absolute Gasteiger partial charge is 0.497 e. The predicted molar refractivity (Wildman–Crippen MR) is 108 cm³/mol. The first kappa shape index (κ1) is 21.8. The molecule has 0 N–H and O–H groups in total. The van der Waals surface area contributed by atoms with E-state index in [9.17, 15) is 21.6 Å². The van der Waals surface area contributed by atoms with E-state index in [1.54, 1.807) is 13.2 Å². The van der Waals surface area contributed by atoms with Crippen molar-refractivity contribution in [3.05, 3.63) is 53.1 Å². The molecule has 4 rings (SSSR count). The van der Waals surface area contributed by atoms with Crippen molar-refractivity contribution in [1.29, 1.82) is 0 Å². The molecule has 0 aliphatic heterocycles. The van der Waals surface area contributed by atoms with Crippen molar-refractivity contribution in [2.75, 3.05) is 14.2 Å². The number of ether oxygens (including phenoxy) is 2. The maximum atomic E-state index is 13.0. The molecule has 0 aromatic heterocycles. The Balaban J connectivity index is 1.80. The van der Waals surface area contributed by atoms with Gasteiger partial charge in [0.05, 0.1) is 14.2 Å². The van der Waals surface area contributed by atoms with Gasteiger partial charge in [-0.3, -0.25) is 0 Å². The monoisotopic (exact) mass is 456 g/mol. The van der Waals surface area contributed by atoms with E-state index in [4.69, 9.17) is 9.47 Å². The van der Waals surface area contributed by atoms with Crippen molar-refractivity contribution in [2.45, 2.75) is 43.0 Å². The first-order valence-corrected chi connectivity index (χ1v) is 11.4. The minimum Gasteiger partial charge on any atom is -0.497 e. The molecule has 2 aliphatic rings. The van der Waals surface area contributed by atoms with Gasteiger partial charge in [-0.15, -0.1) is 0 Å². The van der Waals surface area contributed by atoms with E-state index < -0.39 is 15.6 Å². The van der Waals surface area contributed by atoms with Gasteiger partial charge in [0.15, 0.2) is 0 Å². The maximum absolute atomic E-state index is 13.0. The SMILES string of the molecule is COc1ccc(C2Cc3c(OS(=O)(=O)C(F)(F)F)cc(OC)cc3C3CCCC23)cc1. The van der Waals surface area contributed by atoms with Crippen LogP contribution in [-0.4, -0.2) is 28.1 Å². The van der Waals surface area contributed by atoms with E-state index in [-0.39, 0.29) is 23.3 Å². The molecule has 168 valence electrons. The van der Waals surface area contributed by atoms with E-state index in [0.717, 1.165) is 30.4 Å². The second-order valence-electron chi connectivity index (χ2n) is 7.96. The minimum atomic E-state index is -5.79. The van der Waals surface area contributed by atoms with Crippen molar-refractivity contribution in [3.8, 4) is 17.2 Å². The van der Waals surface area contributed by atoms with Crippen LogP contribution in [0.3, 0.4) is 0 Å². The van der Waals surface area contributed by atoms with E-state index in [2.05, 4.69) is 4.18 Å². The Hall–Kier alpha value is -2.42. The lowest BCUT2D eigenvalue weighted by Gasteiger charge is -2.37. The summed E-state index contributed by atoms with van der Waals surface area (Å²) >= 11 is 0. The number of alkyl halides is 3. The highest BCUT2D eigenvalue weighted by molar-refractivity contribution is 7.88. The summed E-state index contributed by atoms with van der Waals surface area (Å²) in [6.45, 7) is 0. The molecule has 2 aromatic carbocycles. The molecule has 2 aromatic rings. The average Bonchev–Trinajstić information content (AvgIpc) is 3.22. The van der Waals surface area contributed by atoms with Crippen molar-refractivity contribution < 1.29 is 35.2 Å². The molecule has 0 radical (unpaired) electrons. The van der Waals surface area contributed by atoms with Gasteiger partial charge >= 0.3 is 15.6 Å². The highest BCUT2D eigenvalue weighted by atomic mass is 32.2. The van der Waals surface area contributed by atoms with Crippen LogP contribution in [0.1, 0.15) is 47.8 Å². The maximum Gasteiger partial charge on any atom is 0.534 e. The van der Waals surface area contributed by atoms with Crippen LogP contribution in [0.5, 0.6) is 17.2 Å². The van der Waals surface area contributed by atoms with Crippen LogP contribution in [0.15, 0.2) is 36.4 Å². The Morgan fingerprint density at radius 3 is 2.23 bits per heavy atom. The Kier molecular flexibility index (Phi) is 5.57. The predicted octanol–water partition coefficient (Wildman–Crippen LogP) is 5.16. The second-order valence-corrected chi connectivity index (χ2v) is 9.50. The third kappa shape index (κ3) is 3.95. The molecule has 0 heterocycles. The molecule has 1 saturated carbocycles. The highest BCUT2D eigenvalue weighted by Gasteiger charge is 2.49. The van der Waals surface area contributed by atoms with Gasteiger partial charge in [-0.25, -0.2) is 0 Å². The van der Waals surface area contributed by atoms with Gasteiger partial charge in [0, 0.05) is 11.6 Å². The molecule has 5 nitrogen and oxygen atoms in total. The normalized spacial score (nSPS) is 23.1. The molecule has 2 aliphatic carbocycles. The van der Waals surface area contributed by atoms with Gasteiger partial charge in [0.25, 0.3) is 0 Å². The summed E-state index contributed by atoms with van der Waals surface area (Å²) in [5, 5.41) is 0. The summed E-state index contributed by atoms with van der Waals surface area (Å²) in [5.74, 6) is 1.13. The molecular formula is C22H23F3O5S. The Morgan fingerprint density at radius 2 is 1.61 bits per heavy atom. The van der Waals surface area contributed by atoms with E-state index in [0.29, 0.717) is 23.7 Å². The molecule has 3 unspecified atom stereocenters. The van der Waals surface area contributed by atoms with Crippen LogP contribution in [0.25, 0.3) is 0 Å². The van der Waals surface area contributed by atoms with Crippen LogP contribution < -0.4 is 13.7 Å². The summed E-state index contributed by atoms with van der Waals surface area (Å²) in [6, 6.07) is 10.7. The van der Waals surface area contributed by atoms with Crippen molar-refractivity contribution in [3.63, 3.8) is 0 Å². The number of rotatable bonds is 5. The molecule has 0 saturated heterocycles. The second kappa shape index (κ2) is 7.93. The zero-order valence-electron chi connectivity index (χ0n) is 17.1. The quantitative estimate of drug-likeness (QED) is 0.460. The van der Waals surface area contributed by atoms with Crippen LogP contribution in [0.4, 0.5) is 13.2 Å². The lowest BCUT2D eigenvalue weighted by Crippen LogP contribution is -2.30. The fourth-order valence-corrected chi connectivity index (χ4v) is 5.47. The summed E-state index contributed by atoms with van der Waals surface area (Å²) in [5.41, 5.74) is -3.15. The molecule has 0 amide bonds. The fraction of sp³-hybridized carbons (Fsp3) is 0.455. The van der Waals surface area contributed by atoms with Crippen molar-refractivity contribution >= 4 is 10.1 Å². The average molecular weight is 456 g/mol. The third-order valence-electron chi connectivity index (χ3n) is 6.39. The van der Waals surface area contributed by atoms with E-state index in [1.807, 2.05) is 24.3 Å².